The highest BCUT2D eigenvalue weighted by Crippen LogP contribution is 2.25. The summed E-state index contributed by atoms with van der Waals surface area (Å²) in [5.74, 6) is -0.155. The van der Waals surface area contributed by atoms with E-state index in [0.29, 0.717) is 25.9 Å². The van der Waals surface area contributed by atoms with E-state index < -0.39 is 0 Å². The normalized spacial score (nSPS) is 16.9. The number of nitrogens with one attached hydrogen (secondary N) is 1. The van der Waals surface area contributed by atoms with Crippen LogP contribution in [0.2, 0.25) is 0 Å². The first-order valence-electron chi connectivity index (χ1n) is 10.5. The van der Waals surface area contributed by atoms with Gasteiger partial charge in [-0.15, -0.1) is 0 Å². The first-order chi connectivity index (χ1) is 13.2. The van der Waals surface area contributed by atoms with E-state index in [1.807, 2.05) is 25.1 Å². The maximum atomic E-state index is 12.3. The Kier molecular flexibility index (Phi) is 9.99. The number of ether oxygens (including phenoxy) is 2. The third kappa shape index (κ3) is 7.76. The summed E-state index contributed by atoms with van der Waals surface area (Å²) < 4.78 is 11.1. The van der Waals surface area contributed by atoms with E-state index in [2.05, 4.69) is 24.4 Å². The monoisotopic (exact) mass is 373 g/mol. The van der Waals surface area contributed by atoms with E-state index in [1.54, 1.807) is 0 Å². The largest absolute Gasteiger partial charge is 0.463 e. The summed E-state index contributed by atoms with van der Waals surface area (Å²) in [5.41, 5.74) is 3.10. The molecule has 4 nitrogen and oxygen atoms in total. The predicted molar refractivity (Wildman–Crippen MR) is 109 cm³/mol. The molecule has 1 N–H and O–H groups in total. The zero-order valence-corrected chi connectivity index (χ0v) is 17.0. The molecule has 0 amide bonds. The van der Waals surface area contributed by atoms with Gasteiger partial charge in [-0.3, -0.25) is 0 Å². The average molecular weight is 374 g/mol. The summed E-state index contributed by atoms with van der Waals surface area (Å²) in [4.78, 5) is 12.3. The summed E-state index contributed by atoms with van der Waals surface area (Å²) in [5, 5.41) is 3.63. The number of benzene rings is 1. The molecule has 0 saturated carbocycles. The molecular weight excluding hydrogens is 338 g/mol. The van der Waals surface area contributed by atoms with E-state index in [0.717, 1.165) is 37.0 Å². The molecule has 1 atom stereocenters. The minimum Gasteiger partial charge on any atom is -0.463 e. The lowest BCUT2D eigenvalue weighted by Gasteiger charge is -2.29. The first kappa shape index (κ1) is 21.5. The molecule has 0 unspecified atom stereocenters. The van der Waals surface area contributed by atoms with E-state index >= 15 is 0 Å². The van der Waals surface area contributed by atoms with E-state index in [4.69, 9.17) is 9.47 Å². The van der Waals surface area contributed by atoms with Crippen molar-refractivity contribution in [1.82, 2.24) is 5.32 Å². The summed E-state index contributed by atoms with van der Waals surface area (Å²) in [6.07, 6.45) is 8.52. The fourth-order valence-electron chi connectivity index (χ4n) is 3.51. The highest BCUT2D eigenvalue weighted by molar-refractivity contribution is 5.89. The minimum absolute atomic E-state index is 0.155. The molecule has 1 aromatic carbocycles. The summed E-state index contributed by atoms with van der Waals surface area (Å²) >= 11 is 0. The third-order valence-electron chi connectivity index (χ3n) is 4.99. The van der Waals surface area contributed by atoms with Crippen molar-refractivity contribution in [3.05, 3.63) is 47.2 Å². The van der Waals surface area contributed by atoms with Gasteiger partial charge < -0.3 is 14.8 Å². The third-order valence-corrected chi connectivity index (χ3v) is 4.99. The number of hydrogen-bond donors (Lipinski definition) is 1. The maximum absolute atomic E-state index is 12.3. The second kappa shape index (κ2) is 12.6. The molecule has 0 aromatic heterocycles. The van der Waals surface area contributed by atoms with Gasteiger partial charge in [0, 0.05) is 18.3 Å². The van der Waals surface area contributed by atoms with Crippen LogP contribution in [-0.4, -0.2) is 25.2 Å². The molecule has 0 bridgehead atoms. The number of carbonyl (C=O) groups is 1. The standard InChI is InChI=1S/C23H35NO3/c1-3-5-7-13-20-15-16-21(23(25)27-4-2)22(24-20)14-10-17-26-18-19-11-8-6-9-12-19/h6,8-9,11-12,20,24H,3-5,7,10,13-18H2,1-2H3/t20-/m1/s1. The number of esters is 1. The van der Waals surface area contributed by atoms with Gasteiger partial charge in [-0.1, -0.05) is 56.5 Å². The molecule has 27 heavy (non-hydrogen) atoms. The Labute approximate surface area is 164 Å². The van der Waals surface area contributed by atoms with Crippen LogP contribution in [0.1, 0.15) is 70.8 Å². The Morgan fingerprint density at radius 2 is 1.96 bits per heavy atom. The lowest BCUT2D eigenvalue weighted by Crippen LogP contribution is -2.35. The Bertz CT molecular complexity index is 583. The number of unbranched alkanes of at least 4 members (excludes halogenated alkanes) is 2. The van der Waals surface area contributed by atoms with Crippen molar-refractivity contribution in [1.29, 1.82) is 0 Å². The van der Waals surface area contributed by atoms with Gasteiger partial charge in [0.25, 0.3) is 0 Å². The zero-order chi connectivity index (χ0) is 19.3. The molecule has 0 radical (unpaired) electrons. The summed E-state index contributed by atoms with van der Waals surface area (Å²) in [6.45, 7) is 5.84. The van der Waals surface area contributed by atoms with Crippen LogP contribution in [0.3, 0.4) is 0 Å². The van der Waals surface area contributed by atoms with Crippen molar-refractivity contribution in [2.75, 3.05) is 13.2 Å². The van der Waals surface area contributed by atoms with E-state index in [9.17, 15) is 4.79 Å². The van der Waals surface area contributed by atoms with Gasteiger partial charge in [-0.05, 0) is 44.6 Å². The highest BCUT2D eigenvalue weighted by atomic mass is 16.5. The van der Waals surface area contributed by atoms with Gasteiger partial charge in [0.15, 0.2) is 0 Å². The predicted octanol–water partition coefficient (Wildman–Crippen LogP) is 5.13. The number of rotatable bonds is 12. The van der Waals surface area contributed by atoms with Gasteiger partial charge in [0.05, 0.1) is 18.8 Å². The summed E-state index contributed by atoms with van der Waals surface area (Å²) in [6, 6.07) is 10.7. The lowest BCUT2D eigenvalue weighted by atomic mass is 9.93. The van der Waals surface area contributed by atoms with Crippen LogP contribution >= 0.6 is 0 Å². The second-order valence-electron chi connectivity index (χ2n) is 7.20. The molecule has 1 aliphatic rings. The van der Waals surface area contributed by atoms with Crippen LogP contribution in [0.25, 0.3) is 0 Å². The topological polar surface area (TPSA) is 47.6 Å². The van der Waals surface area contributed by atoms with Gasteiger partial charge in [0.1, 0.15) is 0 Å². The van der Waals surface area contributed by atoms with Gasteiger partial charge in [0.2, 0.25) is 0 Å². The highest BCUT2D eigenvalue weighted by Gasteiger charge is 2.24. The maximum Gasteiger partial charge on any atom is 0.335 e. The van der Waals surface area contributed by atoms with Crippen molar-refractivity contribution in [3.63, 3.8) is 0 Å². The smallest absolute Gasteiger partial charge is 0.335 e. The molecular formula is C23H35NO3. The Morgan fingerprint density at radius 3 is 2.70 bits per heavy atom. The van der Waals surface area contributed by atoms with E-state index in [1.165, 1.54) is 31.2 Å². The van der Waals surface area contributed by atoms with Crippen LogP contribution in [-0.2, 0) is 20.9 Å². The molecule has 1 aliphatic heterocycles. The van der Waals surface area contributed by atoms with Crippen molar-refractivity contribution in [3.8, 4) is 0 Å². The van der Waals surface area contributed by atoms with Crippen molar-refractivity contribution in [2.24, 2.45) is 0 Å². The Balaban J connectivity index is 1.83. The lowest BCUT2D eigenvalue weighted by molar-refractivity contribution is -0.138. The molecule has 0 saturated heterocycles. The first-order valence-corrected chi connectivity index (χ1v) is 10.5. The van der Waals surface area contributed by atoms with Crippen LogP contribution in [0.5, 0.6) is 0 Å². The number of carbonyl (C=O) groups excluding carboxylic acids is 1. The van der Waals surface area contributed by atoms with Crippen LogP contribution in [0.15, 0.2) is 41.6 Å². The van der Waals surface area contributed by atoms with Crippen molar-refractivity contribution < 1.29 is 14.3 Å². The van der Waals surface area contributed by atoms with Crippen LogP contribution in [0, 0.1) is 0 Å². The van der Waals surface area contributed by atoms with Gasteiger partial charge in [-0.2, -0.15) is 0 Å². The molecule has 0 spiro atoms. The Hall–Kier alpha value is -1.81. The fourth-order valence-corrected chi connectivity index (χ4v) is 3.51. The molecule has 4 heteroatoms. The second-order valence-corrected chi connectivity index (χ2v) is 7.20. The molecule has 1 aromatic rings. The molecule has 1 heterocycles. The van der Waals surface area contributed by atoms with Crippen molar-refractivity contribution >= 4 is 5.97 Å². The van der Waals surface area contributed by atoms with Crippen LogP contribution < -0.4 is 5.32 Å². The zero-order valence-electron chi connectivity index (χ0n) is 17.0. The quantitative estimate of drug-likeness (QED) is 0.407. The summed E-state index contributed by atoms with van der Waals surface area (Å²) in [7, 11) is 0. The van der Waals surface area contributed by atoms with E-state index in [-0.39, 0.29) is 5.97 Å². The molecule has 0 fully saturated rings. The van der Waals surface area contributed by atoms with Gasteiger partial charge in [-0.25, -0.2) is 4.79 Å². The van der Waals surface area contributed by atoms with Crippen molar-refractivity contribution in [2.45, 2.75) is 77.9 Å². The number of hydrogen-bond acceptors (Lipinski definition) is 4. The average Bonchev–Trinajstić information content (AvgIpc) is 2.69. The molecule has 0 aliphatic carbocycles. The molecule has 150 valence electrons. The fraction of sp³-hybridized carbons (Fsp3) is 0.609. The van der Waals surface area contributed by atoms with Gasteiger partial charge >= 0.3 is 5.97 Å². The number of allylic oxidation sites excluding steroid dienone is 1. The minimum atomic E-state index is -0.155. The SMILES string of the molecule is CCCCC[C@@H]1CCC(C(=O)OCC)=C(CCCOCc2ccccc2)N1. The van der Waals surface area contributed by atoms with Crippen LogP contribution in [0.4, 0.5) is 0 Å². The Morgan fingerprint density at radius 1 is 1.15 bits per heavy atom. The molecule has 2 rings (SSSR count).